The normalized spacial score (nSPS) is 15.2. The lowest BCUT2D eigenvalue weighted by Gasteiger charge is -2.31. The minimum Gasteiger partial charge on any atom is -0.463 e. The molecule has 2 aromatic carbocycles. The van der Waals surface area contributed by atoms with E-state index in [-0.39, 0.29) is 63.1 Å². The fraction of sp³-hybridized carbons (Fsp3) is 0.240. The number of nitrogens with zero attached hydrogens (tertiary/aromatic N) is 1. The van der Waals surface area contributed by atoms with Gasteiger partial charge in [-0.2, -0.15) is 0 Å². The third kappa shape index (κ3) is 5.41. The Labute approximate surface area is 209 Å². The second-order valence-corrected chi connectivity index (χ2v) is 8.17. The first-order valence-electron chi connectivity index (χ1n) is 11.0. The third-order valence-electron chi connectivity index (χ3n) is 5.39. The van der Waals surface area contributed by atoms with E-state index in [9.17, 15) is 28.3 Å². The Kier molecular flexibility index (Phi) is 8.49. The third-order valence-corrected chi connectivity index (χ3v) is 5.99. The van der Waals surface area contributed by atoms with Crippen LogP contribution in [0, 0.1) is 15.9 Å². The van der Waals surface area contributed by atoms with Gasteiger partial charge < -0.3 is 14.8 Å². The van der Waals surface area contributed by atoms with Crippen molar-refractivity contribution in [1.82, 2.24) is 5.32 Å². The largest absolute Gasteiger partial charge is 0.463 e. The van der Waals surface area contributed by atoms with Crippen molar-refractivity contribution in [3.05, 3.63) is 98.1 Å². The van der Waals surface area contributed by atoms with Crippen LogP contribution in [0.4, 0.5) is 10.1 Å². The number of esters is 2. The van der Waals surface area contributed by atoms with Crippen molar-refractivity contribution in [2.45, 2.75) is 26.7 Å². The molecule has 0 spiro atoms. The molecule has 3 rings (SSSR count). The molecule has 0 amide bonds. The molecule has 0 saturated carbocycles. The molecule has 0 radical (unpaired) electrons. The van der Waals surface area contributed by atoms with E-state index in [0.717, 1.165) is 0 Å². The number of benzene rings is 2. The fourth-order valence-electron chi connectivity index (χ4n) is 3.90. The van der Waals surface area contributed by atoms with Gasteiger partial charge in [-0.05, 0) is 44.0 Å². The molecule has 0 bridgehead atoms. The van der Waals surface area contributed by atoms with E-state index >= 15 is 0 Å². The van der Waals surface area contributed by atoms with Gasteiger partial charge in [0.25, 0.3) is 5.69 Å². The zero-order valence-corrected chi connectivity index (χ0v) is 20.5. The maximum absolute atomic E-state index is 13.6. The number of hydrogen-bond acceptors (Lipinski definition) is 8. The van der Waals surface area contributed by atoms with Crippen molar-refractivity contribution in [1.29, 1.82) is 0 Å². The number of nitrogens with one attached hydrogen (secondary N) is 1. The van der Waals surface area contributed by atoms with Crippen LogP contribution in [-0.4, -0.2) is 39.1 Å². The van der Waals surface area contributed by atoms with Gasteiger partial charge in [-0.15, -0.1) is 0 Å². The van der Waals surface area contributed by atoms with E-state index in [1.165, 1.54) is 48.5 Å². The molecule has 2 aromatic rings. The zero-order chi connectivity index (χ0) is 26.4. The number of halogens is 1. The number of carbonyl (C=O) groups excluding carboxylic acids is 2. The predicted octanol–water partition coefficient (Wildman–Crippen LogP) is 3.51. The highest BCUT2D eigenvalue weighted by molar-refractivity contribution is 7.67. The molecular weight excluding hydrogens is 491 g/mol. The van der Waals surface area contributed by atoms with Crippen molar-refractivity contribution in [3.63, 3.8) is 0 Å². The van der Waals surface area contributed by atoms with Crippen LogP contribution < -0.4 is 5.32 Å². The van der Waals surface area contributed by atoms with Crippen LogP contribution in [0.1, 0.15) is 37.8 Å². The quantitative estimate of drug-likeness (QED) is 0.187. The maximum Gasteiger partial charge on any atom is 0.337 e. The van der Waals surface area contributed by atoms with Crippen LogP contribution in [-0.2, 0) is 30.3 Å². The summed E-state index contributed by atoms with van der Waals surface area (Å²) in [5.74, 6) is -3.24. The Balaban J connectivity index is 2.37. The standard InChI is InChI=1S/C25H23FN2O7S/c1-4-34-24(29)19-14(3)27-22(23(36-33)15-9-11-17(26)12-10-15)21(25(30)35-5-2)20(19)16-7-6-8-18(13-16)28(31)32/h6-13,20,27H,4-5H2,1-3H3. The van der Waals surface area contributed by atoms with Crippen molar-refractivity contribution in [2.75, 3.05) is 13.2 Å². The summed E-state index contributed by atoms with van der Waals surface area (Å²) in [6.45, 7) is 4.82. The Morgan fingerprint density at radius 3 is 2.22 bits per heavy atom. The molecule has 1 unspecified atom stereocenters. The lowest BCUT2D eigenvalue weighted by molar-refractivity contribution is -0.384. The summed E-state index contributed by atoms with van der Waals surface area (Å²) in [6.07, 6.45) is 0. The molecule has 1 aliphatic rings. The van der Waals surface area contributed by atoms with Crippen LogP contribution in [0.3, 0.4) is 0 Å². The lowest BCUT2D eigenvalue weighted by Crippen LogP contribution is -2.36. The topological polar surface area (TPSA) is 125 Å². The maximum atomic E-state index is 13.6. The highest BCUT2D eigenvalue weighted by Gasteiger charge is 2.40. The molecular formula is C25H23FN2O7S. The number of nitro groups is 1. The summed E-state index contributed by atoms with van der Waals surface area (Å²) >= 11 is 0.0709. The first-order chi connectivity index (χ1) is 17.2. The first-order valence-corrected chi connectivity index (χ1v) is 11.7. The second kappa shape index (κ2) is 11.5. The van der Waals surface area contributed by atoms with Gasteiger partial charge in [-0.1, -0.05) is 24.3 Å². The van der Waals surface area contributed by atoms with E-state index in [0.29, 0.717) is 5.56 Å². The highest BCUT2D eigenvalue weighted by Crippen LogP contribution is 2.41. The Hall–Kier alpha value is -4.12. The summed E-state index contributed by atoms with van der Waals surface area (Å²) in [6, 6.07) is 10.6. The average Bonchev–Trinajstić information content (AvgIpc) is 2.85. The van der Waals surface area contributed by atoms with Crippen molar-refractivity contribution in [3.8, 4) is 0 Å². The molecule has 0 aromatic heterocycles. The summed E-state index contributed by atoms with van der Waals surface area (Å²) in [5.41, 5.74) is 0.599. The second-order valence-electron chi connectivity index (χ2n) is 7.60. The molecule has 36 heavy (non-hydrogen) atoms. The Bertz CT molecular complexity index is 1330. The lowest BCUT2D eigenvalue weighted by atomic mass is 9.79. The molecule has 0 aliphatic carbocycles. The number of hydrogen-bond donors (Lipinski definition) is 1. The molecule has 188 valence electrons. The van der Waals surface area contributed by atoms with E-state index in [1.807, 2.05) is 0 Å². The van der Waals surface area contributed by atoms with Gasteiger partial charge >= 0.3 is 11.9 Å². The van der Waals surface area contributed by atoms with Gasteiger partial charge in [0.2, 0.25) is 0 Å². The number of non-ortho nitro benzene ring substituents is 1. The number of dihydropyridines is 1. The van der Waals surface area contributed by atoms with Gasteiger partial charge in [0.15, 0.2) is 0 Å². The molecule has 1 atom stereocenters. The smallest absolute Gasteiger partial charge is 0.337 e. The minimum atomic E-state index is -1.15. The Morgan fingerprint density at radius 2 is 1.67 bits per heavy atom. The number of allylic oxidation sites excluding steroid dienone is 2. The molecule has 9 nitrogen and oxygen atoms in total. The number of carbonyl (C=O) groups is 2. The summed E-state index contributed by atoms with van der Waals surface area (Å²) in [7, 11) is 0. The van der Waals surface area contributed by atoms with Crippen molar-refractivity contribution in [2.24, 2.45) is 0 Å². The molecule has 1 heterocycles. The predicted molar refractivity (Wildman–Crippen MR) is 131 cm³/mol. The van der Waals surface area contributed by atoms with E-state index in [1.54, 1.807) is 20.8 Å². The van der Waals surface area contributed by atoms with Crippen molar-refractivity contribution < 1.29 is 32.6 Å². The zero-order valence-electron chi connectivity index (χ0n) is 19.7. The van der Waals surface area contributed by atoms with Gasteiger partial charge in [0.1, 0.15) is 5.82 Å². The number of ether oxygens (including phenoxy) is 2. The van der Waals surface area contributed by atoms with E-state index < -0.39 is 28.6 Å². The molecule has 1 N–H and O–H groups in total. The molecule has 11 heteroatoms. The van der Waals surface area contributed by atoms with Crippen LogP contribution >= 0.6 is 0 Å². The monoisotopic (exact) mass is 514 g/mol. The summed E-state index contributed by atoms with van der Waals surface area (Å²) in [4.78, 5) is 37.3. The molecule has 1 aliphatic heterocycles. The molecule has 0 saturated heterocycles. The van der Waals surface area contributed by atoms with E-state index in [2.05, 4.69) is 5.32 Å². The van der Waals surface area contributed by atoms with Crippen LogP contribution in [0.5, 0.6) is 0 Å². The van der Waals surface area contributed by atoms with Gasteiger partial charge in [-0.25, -0.2) is 18.2 Å². The number of nitro benzene ring substituents is 1. The van der Waals surface area contributed by atoms with Gasteiger partial charge in [0, 0.05) is 17.8 Å². The van der Waals surface area contributed by atoms with E-state index in [4.69, 9.17) is 9.47 Å². The SMILES string of the molecule is CCOC(=O)C1=C(C)NC(C(=S=O)c2ccc(F)cc2)=C(C(=O)OCC)C1c1cccc([N+](=O)[O-])c1. The van der Waals surface area contributed by atoms with Crippen LogP contribution in [0.2, 0.25) is 0 Å². The van der Waals surface area contributed by atoms with Crippen LogP contribution in [0.25, 0.3) is 0 Å². The average molecular weight is 515 g/mol. The fourth-order valence-corrected chi connectivity index (χ4v) is 4.38. The highest BCUT2D eigenvalue weighted by atomic mass is 32.1. The van der Waals surface area contributed by atoms with Crippen LogP contribution in [0.15, 0.2) is 71.1 Å². The molecule has 0 fully saturated rings. The van der Waals surface area contributed by atoms with Gasteiger partial charge in [0.05, 0.1) is 57.0 Å². The first kappa shape index (κ1) is 26.5. The number of rotatable bonds is 8. The minimum absolute atomic E-state index is 0.00882. The Morgan fingerprint density at radius 1 is 1.06 bits per heavy atom. The summed E-state index contributed by atoms with van der Waals surface area (Å²) in [5, 5.41) is 14.4. The summed E-state index contributed by atoms with van der Waals surface area (Å²) < 4.78 is 36.4. The van der Waals surface area contributed by atoms with Gasteiger partial charge in [-0.3, -0.25) is 10.1 Å². The van der Waals surface area contributed by atoms with Crippen molar-refractivity contribution >= 4 is 33.7 Å².